The lowest BCUT2D eigenvalue weighted by Crippen LogP contribution is -2.41. The van der Waals surface area contributed by atoms with Gasteiger partial charge in [-0.3, -0.25) is 0 Å². The monoisotopic (exact) mass is 247 g/mol. The molecule has 3 nitrogen and oxygen atoms in total. The van der Waals surface area contributed by atoms with Crippen LogP contribution in [0.1, 0.15) is 30.4 Å². The third-order valence-electron chi connectivity index (χ3n) is 4.33. The van der Waals surface area contributed by atoms with Crippen molar-refractivity contribution in [1.29, 1.82) is 0 Å². The van der Waals surface area contributed by atoms with Crippen LogP contribution in [0.2, 0.25) is 0 Å². The van der Waals surface area contributed by atoms with E-state index in [0.717, 1.165) is 12.8 Å². The van der Waals surface area contributed by atoms with Crippen LogP contribution >= 0.6 is 0 Å². The summed E-state index contributed by atoms with van der Waals surface area (Å²) in [6.45, 7) is 2.10. The first-order valence-corrected chi connectivity index (χ1v) is 6.86. The topological polar surface area (TPSA) is 44.5 Å². The van der Waals surface area contributed by atoms with Crippen molar-refractivity contribution in [2.24, 2.45) is 5.73 Å². The van der Waals surface area contributed by atoms with Gasteiger partial charge in [0.2, 0.25) is 0 Å². The third-order valence-corrected chi connectivity index (χ3v) is 4.33. The Kier molecular flexibility index (Phi) is 3.37. The first-order chi connectivity index (χ1) is 8.84. The van der Waals surface area contributed by atoms with Crippen LogP contribution in [0.4, 0.5) is 0 Å². The van der Waals surface area contributed by atoms with Gasteiger partial charge in [-0.2, -0.15) is 0 Å². The van der Waals surface area contributed by atoms with E-state index in [1.807, 2.05) is 0 Å². The summed E-state index contributed by atoms with van der Waals surface area (Å²) in [5.41, 5.74) is 9.03. The Morgan fingerprint density at radius 2 is 2.00 bits per heavy atom. The predicted molar refractivity (Wildman–Crippen MR) is 70.4 cm³/mol. The minimum atomic E-state index is -0.0697. The number of rotatable bonds is 3. The van der Waals surface area contributed by atoms with Gasteiger partial charge in [0.25, 0.3) is 0 Å². The SMILES string of the molecule is NCC1(CC2OCCO2)CCCc2ccccc21. The van der Waals surface area contributed by atoms with Crippen LogP contribution < -0.4 is 5.73 Å². The molecule has 3 heteroatoms. The van der Waals surface area contributed by atoms with Crippen LogP contribution in [-0.2, 0) is 21.3 Å². The van der Waals surface area contributed by atoms with Crippen molar-refractivity contribution >= 4 is 0 Å². The van der Waals surface area contributed by atoms with E-state index in [4.69, 9.17) is 15.2 Å². The molecule has 0 radical (unpaired) electrons. The van der Waals surface area contributed by atoms with Gasteiger partial charge >= 0.3 is 0 Å². The van der Waals surface area contributed by atoms with Crippen LogP contribution in [0.3, 0.4) is 0 Å². The molecule has 18 heavy (non-hydrogen) atoms. The van der Waals surface area contributed by atoms with E-state index >= 15 is 0 Å². The molecule has 1 unspecified atom stereocenters. The van der Waals surface area contributed by atoms with Crippen molar-refractivity contribution < 1.29 is 9.47 Å². The molecule has 1 atom stereocenters. The largest absolute Gasteiger partial charge is 0.350 e. The van der Waals surface area contributed by atoms with E-state index in [2.05, 4.69) is 24.3 Å². The molecule has 2 aliphatic rings. The Bertz CT molecular complexity index is 415. The molecular weight excluding hydrogens is 226 g/mol. The zero-order chi connectivity index (χ0) is 12.4. The lowest BCUT2D eigenvalue weighted by Gasteiger charge is -2.39. The highest BCUT2D eigenvalue weighted by Gasteiger charge is 2.38. The van der Waals surface area contributed by atoms with Crippen molar-refractivity contribution in [3.8, 4) is 0 Å². The Morgan fingerprint density at radius 3 is 2.78 bits per heavy atom. The summed E-state index contributed by atoms with van der Waals surface area (Å²) in [7, 11) is 0. The van der Waals surface area contributed by atoms with Gasteiger partial charge in [-0.1, -0.05) is 24.3 Å². The van der Waals surface area contributed by atoms with Gasteiger partial charge in [-0.15, -0.1) is 0 Å². The quantitative estimate of drug-likeness (QED) is 0.888. The second-order valence-corrected chi connectivity index (χ2v) is 5.37. The summed E-state index contributed by atoms with van der Waals surface area (Å²) in [6, 6.07) is 8.70. The molecule has 0 amide bonds. The van der Waals surface area contributed by atoms with Gasteiger partial charge in [0.15, 0.2) is 6.29 Å². The smallest absolute Gasteiger partial charge is 0.158 e. The van der Waals surface area contributed by atoms with E-state index in [9.17, 15) is 0 Å². The number of hydrogen-bond donors (Lipinski definition) is 1. The van der Waals surface area contributed by atoms with Gasteiger partial charge in [0, 0.05) is 18.4 Å². The molecule has 1 heterocycles. The summed E-state index contributed by atoms with van der Waals surface area (Å²) in [6.07, 6.45) is 4.34. The summed E-state index contributed by atoms with van der Waals surface area (Å²) in [5, 5.41) is 0. The molecule has 3 rings (SSSR count). The van der Waals surface area contributed by atoms with Crippen molar-refractivity contribution in [2.75, 3.05) is 19.8 Å². The minimum absolute atomic E-state index is 0.0455. The molecule has 98 valence electrons. The molecule has 0 saturated carbocycles. The molecule has 1 aromatic rings. The highest BCUT2D eigenvalue weighted by Crippen LogP contribution is 2.41. The highest BCUT2D eigenvalue weighted by atomic mass is 16.7. The molecule has 1 aromatic carbocycles. The van der Waals surface area contributed by atoms with Crippen LogP contribution in [-0.4, -0.2) is 26.0 Å². The summed E-state index contributed by atoms with van der Waals surface area (Å²) < 4.78 is 11.2. The van der Waals surface area contributed by atoms with E-state index < -0.39 is 0 Å². The number of benzene rings is 1. The zero-order valence-electron chi connectivity index (χ0n) is 10.7. The maximum Gasteiger partial charge on any atom is 0.158 e. The van der Waals surface area contributed by atoms with E-state index in [1.165, 1.54) is 24.0 Å². The molecular formula is C15H21NO2. The Balaban J connectivity index is 1.91. The maximum atomic E-state index is 6.12. The second-order valence-electron chi connectivity index (χ2n) is 5.37. The molecule has 0 aromatic heterocycles. The average molecular weight is 247 g/mol. The Hall–Kier alpha value is -0.900. The van der Waals surface area contributed by atoms with Gasteiger partial charge in [0.1, 0.15) is 0 Å². The molecule has 1 aliphatic heterocycles. The zero-order valence-corrected chi connectivity index (χ0v) is 10.7. The van der Waals surface area contributed by atoms with E-state index in [-0.39, 0.29) is 11.7 Å². The first kappa shape index (κ1) is 12.2. The number of ether oxygens (including phenoxy) is 2. The third kappa shape index (κ3) is 2.07. The van der Waals surface area contributed by atoms with Gasteiger partial charge < -0.3 is 15.2 Å². The fourth-order valence-corrected chi connectivity index (χ4v) is 3.36. The molecule has 0 spiro atoms. The van der Waals surface area contributed by atoms with Crippen LogP contribution in [0, 0.1) is 0 Å². The summed E-state index contributed by atoms with van der Waals surface area (Å²) in [4.78, 5) is 0. The summed E-state index contributed by atoms with van der Waals surface area (Å²) in [5.74, 6) is 0. The second kappa shape index (κ2) is 5.00. The maximum absolute atomic E-state index is 6.12. The fourth-order valence-electron chi connectivity index (χ4n) is 3.36. The average Bonchev–Trinajstić information content (AvgIpc) is 2.92. The number of nitrogens with two attached hydrogens (primary N) is 1. The van der Waals surface area contributed by atoms with E-state index in [0.29, 0.717) is 19.8 Å². The molecule has 1 fully saturated rings. The van der Waals surface area contributed by atoms with Crippen LogP contribution in [0.15, 0.2) is 24.3 Å². The number of hydrogen-bond acceptors (Lipinski definition) is 3. The van der Waals surface area contributed by atoms with Crippen molar-refractivity contribution in [1.82, 2.24) is 0 Å². The summed E-state index contributed by atoms with van der Waals surface area (Å²) >= 11 is 0. The highest BCUT2D eigenvalue weighted by molar-refractivity contribution is 5.37. The Morgan fingerprint density at radius 1 is 1.22 bits per heavy atom. The van der Waals surface area contributed by atoms with Crippen LogP contribution in [0.25, 0.3) is 0 Å². The van der Waals surface area contributed by atoms with Crippen molar-refractivity contribution in [3.63, 3.8) is 0 Å². The van der Waals surface area contributed by atoms with Gasteiger partial charge in [0.05, 0.1) is 13.2 Å². The van der Waals surface area contributed by atoms with Crippen LogP contribution in [0.5, 0.6) is 0 Å². The normalized spacial score (nSPS) is 28.3. The minimum Gasteiger partial charge on any atom is -0.350 e. The standard InChI is InChI=1S/C15H21NO2/c16-11-15(10-14-17-8-9-18-14)7-3-5-12-4-1-2-6-13(12)15/h1-2,4,6,14H,3,5,7-11,16H2. The van der Waals surface area contributed by atoms with Gasteiger partial charge in [-0.05, 0) is 30.4 Å². The molecule has 2 N–H and O–H groups in total. The molecule has 1 aliphatic carbocycles. The molecule has 0 bridgehead atoms. The number of fused-ring (bicyclic) bond motifs is 1. The van der Waals surface area contributed by atoms with E-state index in [1.54, 1.807) is 0 Å². The lowest BCUT2D eigenvalue weighted by atomic mass is 9.68. The first-order valence-electron chi connectivity index (χ1n) is 6.86. The predicted octanol–water partition coefficient (Wildman–Crippen LogP) is 1.98. The van der Waals surface area contributed by atoms with Crippen molar-refractivity contribution in [3.05, 3.63) is 35.4 Å². The number of aryl methyl sites for hydroxylation is 1. The Labute approximate surface area is 108 Å². The fraction of sp³-hybridized carbons (Fsp3) is 0.600. The lowest BCUT2D eigenvalue weighted by molar-refractivity contribution is -0.0625. The molecule has 1 saturated heterocycles. The van der Waals surface area contributed by atoms with Crippen molar-refractivity contribution in [2.45, 2.75) is 37.4 Å². The van der Waals surface area contributed by atoms with Gasteiger partial charge in [-0.25, -0.2) is 0 Å².